The molecule has 0 radical (unpaired) electrons. The van der Waals surface area contributed by atoms with Gasteiger partial charge in [0.15, 0.2) is 0 Å². The van der Waals surface area contributed by atoms with E-state index in [1.807, 2.05) is 73.1 Å². The number of aromatic nitrogens is 4. The van der Waals surface area contributed by atoms with Gasteiger partial charge in [0.2, 0.25) is 11.8 Å². The molecular formula is C36H46N6O5. The zero-order valence-corrected chi connectivity index (χ0v) is 27.6. The minimum absolute atomic E-state index is 0.0222. The maximum Gasteiger partial charge on any atom is 0.420 e. The maximum atomic E-state index is 13.3. The molecule has 0 aliphatic carbocycles. The molecule has 4 rings (SSSR count). The van der Waals surface area contributed by atoms with Crippen molar-refractivity contribution in [3.63, 3.8) is 0 Å². The number of hydrogen-bond acceptors (Lipinski definition) is 6. The number of amides is 2. The van der Waals surface area contributed by atoms with Gasteiger partial charge in [-0.2, -0.15) is 0 Å². The van der Waals surface area contributed by atoms with E-state index in [0.29, 0.717) is 31.7 Å². The number of nitrogens with one attached hydrogen (secondary N) is 2. The van der Waals surface area contributed by atoms with Crippen molar-refractivity contribution >= 4 is 17.9 Å². The number of imidazole rings is 2. The second-order valence-corrected chi connectivity index (χ2v) is 12.6. The van der Waals surface area contributed by atoms with Gasteiger partial charge in [0, 0.05) is 44.5 Å². The van der Waals surface area contributed by atoms with Gasteiger partial charge in [-0.25, -0.2) is 19.1 Å². The van der Waals surface area contributed by atoms with Crippen molar-refractivity contribution in [2.45, 2.75) is 90.4 Å². The number of ether oxygens (including phenoxy) is 1. The molecule has 0 fully saturated rings. The molecule has 0 aliphatic rings. The molecule has 0 saturated carbocycles. The summed E-state index contributed by atoms with van der Waals surface area (Å²) >= 11 is 0. The van der Waals surface area contributed by atoms with Crippen molar-refractivity contribution in [3.8, 4) is 0 Å². The lowest BCUT2D eigenvalue weighted by Gasteiger charge is -2.22. The van der Waals surface area contributed by atoms with E-state index < -0.39 is 17.7 Å². The smallest absolute Gasteiger partial charge is 0.420 e. The largest absolute Gasteiger partial charge is 0.443 e. The summed E-state index contributed by atoms with van der Waals surface area (Å²) in [5.41, 5.74) is 1.84. The highest BCUT2D eigenvalue weighted by molar-refractivity contribution is 5.88. The first kappa shape index (κ1) is 34.9. The zero-order valence-electron chi connectivity index (χ0n) is 27.6. The first-order valence-corrected chi connectivity index (χ1v) is 16.2. The number of aryl methyl sites for hydroxylation is 2. The third-order valence-corrected chi connectivity index (χ3v) is 7.59. The van der Waals surface area contributed by atoms with E-state index in [0.717, 1.165) is 36.8 Å². The van der Waals surface area contributed by atoms with Gasteiger partial charge in [-0.3, -0.25) is 18.7 Å². The van der Waals surface area contributed by atoms with Crippen molar-refractivity contribution in [2.24, 2.45) is 0 Å². The molecule has 0 unspecified atom stereocenters. The lowest BCUT2D eigenvalue weighted by atomic mass is 10.1. The third kappa shape index (κ3) is 11.4. The first-order valence-electron chi connectivity index (χ1n) is 16.2. The van der Waals surface area contributed by atoms with Crippen LogP contribution < -0.4 is 16.3 Å². The molecule has 11 nitrogen and oxygen atoms in total. The van der Waals surface area contributed by atoms with Crippen LogP contribution in [0.4, 0.5) is 4.79 Å². The Kier molecular flexibility index (Phi) is 12.7. The number of carbonyl (C=O) groups excluding carboxylic acids is 3. The Balaban J connectivity index is 1.26. The summed E-state index contributed by atoms with van der Waals surface area (Å²) in [5, 5.41) is 5.81. The van der Waals surface area contributed by atoms with Crippen molar-refractivity contribution in [1.29, 1.82) is 0 Å². The van der Waals surface area contributed by atoms with E-state index in [1.54, 1.807) is 29.9 Å². The van der Waals surface area contributed by atoms with Gasteiger partial charge in [0.1, 0.15) is 18.0 Å². The Hall–Kier alpha value is -4.93. The zero-order chi connectivity index (χ0) is 33.6. The van der Waals surface area contributed by atoms with Crippen LogP contribution in [-0.2, 0) is 40.3 Å². The van der Waals surface area contributed by atoms with Crippen LogP contribution in [0.25, 0.3) is 0 Å². The van der Waals surface area contributed by atoms with Crippen molar-refractivity contribution in [3.05, 3.63) is 113 Å². The topological polar surface area (TPSA) is 129 Å². The molecule has 0 bridgehead atoms. The van der Waals surface area contributed by atoms with E-state index >= 15 is 0 Å². The molecule has 2 aromatic carbocycles. The van der Waals surface area contributed by atoms with Gasteiger partial charge in [0.05, 0.1) is 12.2 Å². The second-order valence-electron chi connectivity index (χ2n) is 12.6. The Labute approximate surface area is 276 Å². The normalized spacial score (nSPS) is 12.0. The summed E-state index contributed by atoms with van der Waals surface area (Å²) in [4.78, 5) is 55.8. The van der Waals surface area contributed by atoms with E-state index in [-0.39, 0.29) is 30.3 Å². The minimum atomic E-state index is -0.900. The van der Waals surface area contributed by atoms with Crippen LogP contribution in [0.2, 0.25) is 0 Å². The molecule has 2 aromatic heterocycles. The molecule has 2 heterocycles. The highest BCUT2D eigenvalue weighted by Gasteiger charge is 2.25. The molecule has 4 aromatic rings. The molecule has 2 N–H and O–H groups in total. The minimum Gasteiger partial charge on any atom is -0.443 e. The highest BCUT2D eigenvalue weighted by Crippen LogP contribution is 2.13. The van der Waals surface area contributed by atoms with Gasteiger partial charge >= 0.3 is 11.8 Å². The number of benzene rings is 2. The van der Waals surface area contributed by atoms with Crippen LogP contribution >= 0.6 is 0 Å². The van der Waals surface area contributed by atoms with Crippen LogP contribution in [-0.4, -0.2) is 54.8 Å². The molecule has 1 atom stereocenters. The summed E-state index contributed by atoms with van der Waals surface area (Å²) in [6.07, 6.45) is 10.1. The Morgan fingerprint density at radius 1 is 0.872 bits per heavy atom. The predicted molar refractivity (Wildman–Crippen MR) is 180 cm³/mol. The number of nitrogens with zero attached hydrogens (tertiary/aromatic N) is 4. The van der Waals surface area contributed by atoms with Gasteiger partial charge in [0.25, 0.3) is 0 Å². The fourth-order valence-corrected chi connectivity index (χ4v) is 5.16. The monoisotopic (exact) mass is 642 g/mol. The maximum absolute atomic E-state index is 13.3. The van der Waals surface area contributed by atoms with Crippen molar-refractivity contribution < 1.29 is 19.1 Å². The average molecular weight is 643 g/mol. The van der Waals surface area contributed by atoms with Crippen molar-refractivity contribution in [1.82, 2.24) is 29.3 Å². The molecule has 0 saturated heterocycles. The molecule has 0 spiro atoms. The number of rotatable bonds is 16. The number of carbonyl (C=O) groups is 3. The molecule has 0 aliphatic heterocycles. The summed E-state index contributed by atoms with van der Waals surface area (Å²) in [7, 11) is 0. The third-order valence-electron chi connectivity index (χ3n) is 7.59. The van der Waals surface area contributed by atoms with Gasteiger partial charge in [-0.15, -0.1) is 0 Å². The lowest BCUT2D eigenvalue weighted by molar-refractivity contribution is -0.129. The second kappa shape index (κ2) is 17.1. The standard InChI is InChI=1S/C36H46N6O5/c1-36(2,3)47-35(46)42-27-37-25-30(42)24-31(39-32(43)19-18-28-14-8-6-9-15-28)33(44)38-20-12-4-5-13-21-40-22-23-41(34(40)45)26-29-16-10-7-11-17-29/h6-11,14-17,22-23,25,27,31H,4-5,12-13,18-21,24,26H2,1-3H3,(H,38,44)(H,39,43)/t31-/m0/s1. The number of hydrogen-bond donors (Lipinski definition) is 2. The van der Waals surface area contributed by atoms with Crippen LogP contribution in [0.5, 0.6) is 0 Å². The SMILES string of the molecule is CC(C)(C)OC(=O)n1cncc1C[C@H](NC(=O)CCc1ccccc1)C(=O)NCCCCCCn1ccn(Cc2ccccc2)c1=O. The summed E-state index contributed by atoms with van der Waals surface area (Å²) in [6, 6.07) is 18.7. The van der Waals surface area contributed by atoms with Crippen LogP contribution in [0.1, 0.15) is 69.7 Å². The first-order chi connectivity index (χ1) is 22.6. The molecular weight excluding hydrogens is 596 g/mol. The average Bonchev–Trinajstić information content (AvgIpc) is 3.65. The van der Waals surface area contributed by atoms with Crippen LogP contribution in [0.15, 0.2) is 90.4 Å². The Morgan fingerprint density at radius 3 is 2.23 bits per heavy atom. The summed E-state index contributed by atoms with van der Waals surface area (Å²) in [5.74, 6) is -0.591. The van der Waals surface area contributed by atoms with Gasteiger partial charge in [-0.05, 0) is 51.2 Å². The van der Waals surface area contributed by atoms with E-state index in [1.165, 1.54) is 17.1 Å². The Morgan fingerprint density at radius 2 is 1.53 bits per heavy atom. The molecule has 11 heteroatoms. The summed E-state index contributed by atoms with van der Waals surface area (Å²) < 4.78 is 10.2. The predicted octanol–water partition coefficient (Wildman–Crippen LogP) is 4.71. The van der Waals surface area contributed by atoms with Crippen LogP contribution in [0, 0.1) is 0 Å². The molecule has 2 amide bonds. The van der Waals surface area contributed by atoms with Crippen molar-refractivity contribution in [2.75, 3.05) is 6.54 Å². The van der Waals surface area contributed by atoms with Crippen LogP contribution in [0.3, 0.4) is 0 Å². The summed E-state index contributed by atoms with van der Waals surface area (Å²) in [6.45, 7) is 6.94. The number of unbranched alkanes of at least 4 members (excludes halogenated alkanes) is 3. The van der Waals surface area contributed by atoms with E-state index in [4.69, 9.17) is 4.74 Å². The fourth-order valence-electron chi connectivity index (χ4n) is 5.16. The molecule has 47 heavy (non-hydrogen) atoms. The van der Waals surface area contributed by atoms with E-state index in [2.05, 4.69) is 15.6 Å². The van der Waals surface area contributed by atoms with Gasteiger partial charge < -0.3 is 15.4 Å². The molecule has 250 valence electrons. The quantitative estimate of drug-likeness (QED) is 0.170. The fraction of sp³-hybridized carbons (Fsp3) is 0.417. The highest BCUT2D eigenvalue weighted by atomic mass is 16.6. The lowest BCUT2D eigenvalue weighted by Crippen LogP contribution is -2.48. The van der Waals surface area contributed by atoms with E-state index in [9.17, 15) is 19.2 Å². The van der Waals surface area contributed by atoms with Gasteiger partial charge in [-0.1, -0.05) is 73.5 Å². The Bertz CT molecular complexity index is 1640.